The van der Waals surface area contributed by atoms with Crippen LogP contribution in [0.5, 0.6) is 0 Å². The molecule has 5 heteroatoms. The third-order valence-electron chi connectivity index (χ3n) is 1.66. The normalized spacial score (nSPS) is 12.4. The van der Waals surface area contributed by atoms with Crippen LogP contribution in [0.1, 0.15) is 12.1 Å². The SMILES string of the molecule is N[C@H](CCc1cccnn1)C(=O)O. The number of rotatable bonds is 4. The molecule has 1 rings (SSSR count). The van der Waals surface area contributed by atoms with E-state index in [2.05, 4.69) is 10.2 Å². The van der Waals surface area contributed by atoms with Crippen molar-refractivity contribution in [2.45, 2.75) is 18.9 Å². The van der Waals surface area contributed by atoms with Crippen LogP contribution in [-0.2, 0) is 11.2 Å². The highest BCUT2D eigenvalue weighted by Crippen LogP contribution is 1.99. The Morgan fingerprint density at radius 3 is 3.00 bits per heavy atom. The highest BCUT2D eigenvalue weighted by atomic mass is 16.4. The monoisotopic (exact) mass is 181 g/mol. The van der Waals surface area contributed by atoms with Gasteiger partial charge >= 0.3 is 5.97 Å². The Hall–Kier alpha value is -1.49. The van der Waals surface area contributed by atoms with Crippen LogP contribution in [0.4, 0.5) is 0 Å². The summed E-state index contributed by atoms with van der Waals surface area (Å²) < 4.78 is 0. The Morgan fingerprint density at radius 2 is 2.46 bits per heavy atom. The molecule has 5 nitrogen and oxygen atoms in total. The Balaban J connectivity index is 2.39. The molecule has 3 N–H and O–H groups in total. The lowest BCUT2D eigenvalue weighted by atomic mass is 10.1. The molecule has 0 saturated carbocycles. The first-order valence-electron chi connectivity index (χ1n) is 3.95. The minimum atomic E-state index is -0.983. The first-order valence-corrected chi connectivity index (χ1v) is 3.95. The zero-order valence-corrected chi connectivity index (χ0v) is 7.05. The fraction of sp³-hybridized carbons (Fsp3) is 0.375. The summed E-state index contributed by atoms with van der Waals surface area (Å²) in [6, 6.07) is 2.73. The smallest absolute Gasteiger partial charge is 0.320 e. The molecular weight excluding hydrogens is 170 g/mol. The molecule has 0 amide bonds. The predicted molar refractivity (Wildman–Crippen MR) is 46.0 cm³/mol. The molecule has 1 atom stereocenters. The number of carbonyl (C=O) groups is 1. The first-order chi connectivity index (χ1) is 6.20. The summed E-state index contributed by atoms with van der Waals surface area (Å²) in [5.41, 5.74) is 6.08. The van der Waals surface area contributed by atoms with Gasteiger partial charge in [-0.2, -0.15) is 10.2 Å². The number of aliphatic carboxylic acids is 1. The Labute approximate surface area is 75.6 Å². The molecule has 13 heavy (non-hydrogen) atoms. The number of nitrogens with two attached hydrogens (primary N) is 1. The minimum Gasteiger partial charge on any atom is -0.480 e. The highest BCUT2D eigenvalue weighted by Gasteiger charge is 2.10. The van der Waals surface area contributed by atoms with Gasteiger partial charge in [0.2, 0.25) is 0 Å². The van der Waals surface area contributed by atoms with Crippen LogP contribution >= 0.6 is 0 Å². The highest BCUT2D eigenvalue weighted by molar-refractivity contribution is 5.72. The molecule has 0 unspecified atom stereocenters. The van der Waals surface area contributed by atoms with Gasteiger partial charge in [-0.15, -0.1) is 0 Å². The molecule has 1 heterocycles. The van der Waals surface area contributed by atoms with Gasteiger partial charge in [0.25, 0.3) is 0 Å². The van der Waals surface area contributed by atoms with Crippen molar-refractivity contribution in [1.82, 2.24) is 10.2 Å². The number of carboxylic acid groups (broad SMARTS) is 1. The van der Waals surface area contributed by atoms with Crippen LogP contribution in [0.2, 0.25) is 0 Å². The number of nitrogens with zero attached hydrogens (tertiary/aromatic N) is 2. The summed E-state index contributed by atoms with van der Waals surface area (Å²) in [6.07, 6.45) is 2.50. The predicted octanol–water partition coefficient (Wildman–Crippen LogP) is -0.179. The van der Waals surface area contributed by atoms with E-state index in [4.69, 9.17) is 10.8 Å². The summed E-state index contributed by atoms with van der Waals surface area (Å²) in [4.78, 5) is 10.4. The molecule has 0 aliphatic heterocycles. The van der Waals surface area contributed by atoms with Gasteiger partial charge in [0.15, 0.2) is 0 Å². The van der Waals surface area contributed by atoms with E-state index >= 15 is 0 Å². The summed E-state index contributed by atoms with van der Waals surface area (Å²) in [7, 11) is 0. The molecule has 0 radical (unpaired) electrons. The van der Waals surface area contributed by atoms with Gasteiger partial charge in [0.1, 0.15) is 6.04 Å². The topological polar surface area (TPSA) is 89.1 Å². The van der Waals surface area contributed by atoms with Crippen molar-refractivity contribution in [3.63, 3.8) is 0 Å². The largest absolute Gasteiger partial charge is 0.480 e. The van der Waals surface area contributed by atoms with E-state index < -0.39 is 12.0 Å². The average molecular weight is 181 g/mol. The van der Waals surface area contributed by atoms with Gasteiger partial charge in [0, 0.05) is 6.20 Å². The van der Waals surface area contributed by atoms with E-state index in [1.165, 1.54) is 0 Å². The van der Waals surface area contributed by atoms with Crippen molar-refractivity contribution in [1.29, 1.82) is 0 Å². The molecule has 1 aromatic heterocycles. The number of aromatic nitrogens is 2. The number of hydrogen-bond acceptors (Lipinski definition) is 4. The van der Waals surface area contributed by atoms with E-state index in [-0.39, 0.29) is 0 Å². The fourth-order valence-corrected chi connectivity index (χ4v) is 0.894. The van der Waals surface area contributed by atoms with Crippen molar-refractivity contribution >= 4 is 5.97 Å². The van der Waals surface area contributed by atoms with Gasteiger partial charge in [-0.3, -0.25) is 4.79 Å². The molecular formula is C8H11N3O2. The van der Waals surface area contributed by atoms with Crippen molar-refractivity contribution in [2.24, 2.45) is 5.73 Å². The fourth-order valence-electron chi connectivity index (χ4n) is 0.894. The number of carboxylic acids is 1. The van der Waals surface area contributed by atoms with Gasteiger partial charge < -0.3 is 10.8 Å². The molecule has 70 valence electrons. The van der Waals surface area contributed by atoms with Crippen molar-refractivity contribution in [2.75, 3.05) is 0 Å². The van der Waals surface area contributed by atoms with E-state index in [0.717, 1.165) is 5.69 Å². The van der Waals surface area contributed by atoms with E-state index in [1.54, 1.807) is 18.3 Å². The first kappa shape index (κ1) is 9.60. The zero-order valence-electron chi connectivity index (χ0n) is 7.05. The third kappa shape index (κ3) is 3.16. The number of hydrogen-bond donors (Lipinski definition) is 2. The summed E-state index contributed by atoms with van der Waals surface area (Å²) in [6.45, 7) is 0. The van der Waals surface area contributed by atoms with Gasteiger partial charge in [0.05, 0.1) is 5.69 Å². The van der Waals surface area contributed by atoms with Crippen molar-refractivity contribution < 1.29 is 9.90 Å². The van der Waals surface area contributed by atoms with E-state index in [0.29, 0.717) is 12.8 Å². The quantitative estimate of drug-likeness (QED) is 0.672. The molecule has 0 aliphatic carbocycles. The van der Waals surface area contributed by atoms with E-state index in [9.17, 15) is 4.79 Å². The molecule has 0 saturated heterocycles. The molecule has 0 fully saturated rings. The molecule has 0 spiro atoms. The third-order valence-corrected chi connectivity index (χ3v) is 1.66. The zero-order chi connectivity index (χ0) is 9.68. The van der Waals surface area contributed by atoms with Crippen LogP contribution in [0, 0.1) is 0 Å². The maximum atomic E-state index is 10.4. The maximum absolute atomic E-state index is 10.4. The average Bonchev–Trinajstić information content (AvgIpc) is 2.15. The lowest BCUT2D eigenvalue weighted by Gasteiger charge is -2.04. The minimum absolute atomic E-state index is 0.383. The lowest BCUT2D eigenvalue weighted by Crippen LogP contribution is -2.30. The Kier molecular flexibility index (Phi) is 3.33. The maximum Gasteiger partial charge on any atom is 0.320 e. The van der Waals surface area contributed by atoms with Gasteiger partial charge in [-0.25, -0.2) is 0 Å². The van der Waals surface area contributed by atoms with Crippen LogP contribution in [0.25, 0.3) is 0 Å². The standard InChI is InChI=1S/C8H11N3O2/c9-7(8(12)13)4-3-6-2-1-5-10-11-6/h1-2,5,7H,3-4,9H2,(H,12,13)/t7-/m1/s1. The van der Waals surface area contributed by atoms with Gasteiger partial charge in [-0.1, -0.05) is 0 Å². The van der Waals surface area contributed by atoms with Crippen LogP contribution in [0.3, 0.4) is 0 Å². The van der Waals surface area contributed by atoms with Crippen LogP contribution < -0.4 is 5.73 Å². The second kappa shape index (κ2) is 4.51. The summed E-state index contributed by atoms with van der Waals surface area (Å²) in [5.74, 6) is -0.983. The second-order valence-corrected chi connectivity index (χ2v) is 2.70. The number of aryl methyl sites for hydroxylation is 1. The molecule has 1 aromatic rings. The molecule has 0 aromatic carbocycles. The molecule has 0 bridgehead atoms. The van der Waals surface area contributed by atoms with Crippen molar-refractivity contribution in [3.05, 3.63) is 24.0 Å². The van der Waals surface area contributed by atoms with Gasteiger partial charge in [-0.05, 0) is 25.0 Å². The summed E-state index contributed by atoms with van der Waals surface area (Å²) >= 11 is 0. The van der Waals surface area contributed by atoms with Crippen molar-refractivity contribution in [3.8, 4) is 0 Å². The molecule has 0 aliphatic rings. The van der Waals surface area contributed by atoms with Crippen LogP contribution in [0.15, 0.2) is 18.3 Å². The van der Waals surface area contributed by atoms with Crippen LogP contribution in [-0.4, -0.2) is 27.3 Å². The Bertz CT molecular complexity index is 276. The Morgan fingerprint density at radius 1 is 1.69 bits per heavy atom. The second-order valence-electron chi connectivity index (χ2n) is 2.70. The summed E-state index contributed by atoms with van der Waals surface area (Å²) in [5, 5.41) is 16.0. The van der Waals surface area contributed by atoms with E-state index in [1.807, 2.05) is 0 Å². The lowest BCUT2D eigenvalue weighted by molar-refractivity contribution is -0.138.